The van der Waals surface area contributed by atoms with Crippen LogP contribution < -0.4 is 11.0 Å². The number of hydrogen-bond donors (Lipinski definition) is 1. The molecule has 106 valence electrons. The molecule has 0 aliphatic carbocycles. The van der Waals surface area contributed by atoms with Crippen molar-refractivity contribution in [2.24, 2.45) is 0 Å². The molecule has 7 heteroatoms. The van der Waals surface area contributed by atoms with Crippen LogP contribution in [0.25, 0.3) is 5.65 Å². The molecule has 0 saturated carbocycles. The number of carbonyl (C=O) groups excluding carboxylic acids is 1. The van der Waals surface area contributed by atoms with E-state index in [0.717, 1.165) is 4.68 Å². The number of anilines is 1. The van der Waals surface area contributed by atoms with E-state index in [1.807, 2.05) is 0 Å². The van der Waals surface area contributed by atoms with Crippen LogP contribution in [0.15, 0.2) is 53.5 Å². The van der Waals surface area contributed by atoms with E-state index in [2.05, 4.69) is 10.4 Å². The highest BCUT2D eigenvalue weighted by Crippen LogP contribution is 2.12. The summed E-state index contributed by atoms with van der Waals surface area (Å²) in [6, 6.07) is 10.9. The van der Waals surface area contributed by atoms with E-state index in [0.29, 0.717) is 5.65 Å². The number of para-hydroxylation sites is 1. The fourth-order valence-electron chi connectivity index (χ4n) is 1.96. The van der Waals surface area contributed by atoms with Crippen molar-refractivity contribution in [1.29, 1.82) is 0 Å². The number of amides is 1. The van der Waals surface area contributed by atoms with Crippen LogP contribution in [-0.2, 0) is 11.3 Å². The number of pyridine rings is 1. The molecule has 21 heavy (non-hydrogen) atoms. The van der Waals surface area contributed by atoms with Crippen molar-refractivity contribution in [2.45, 2.75) is 6.54 Å². The summed E-state index contributed by atoms with van der Waals surface area (Å²) >= 11 is 0. The Kier molecular flexibility index (Phi) is 3.23. The maximum atomic E-state index is 13.4. The van der Waals surface area contributed by atoms with Gasteiger partial charge in [0.25, 0.3) is 0 Å². The zero-order valence-corrected chi connectivity index (χ0v) is 10.9. The smallest absolute Gasteiger partial charge is 0.322 e. The SMILES string of the molecule is O=C(Cn1nc2ccccn2c1=O)Nc1ccccc1F. The van der Waals surface area contributed by atoms with Crippen LogP contribution in [-0.4, -0.2) is 20.1 Å². The summed E-state index contributed by atoms with van der Waals surface area (Å²) in [5.41, 5.74) is 0.0924. The van der Waals surface area contributed by atoms with Gasteiger partial charge in [0, 0.05) is 6.20 Å². The minimum Gasteiger partial charge on any atom is -0.322 e. The molecule has 0 atom stereocenters. The number of nitrogens with zero attached hydrogens (tertiary/aromatic N) is 3. The van der Waals surface area contributed by atoms with Gasteiger partial charge < -0.3 is 5.32 Å². The molecule has 0 aliphatic rings. The third-order valence-electron chi connectivity index (χ3n) is 2.93. The molecule has 0 spiro atoms. The first kappa shape index (κ1) is 13.0. The number of nitrogens with one attached hydrogen (secondary N) is 1. The van der Waals surface area contributed by atoms with E-state index in [-0.39, 0.29) is 12.2 Å². The van der Waals surface area contributed by atoms with Crippen molar-refractivity contribution in [1.82, 2.24) is 14.2 Å². The molecule has 6 nitrogen and oxygen atoms in total. The lowest BCUT2D eigenvalue weighted by atomic mass is 10.3. The summed E-state index contributed by atoms with van der Waals surface area (Å²) in [4.78, 5) is 23.9. The molecule has 0 saturated heterocycles. The average molecular weight is 286 g/mol. The van der Waals surface area contributed by atoms with Gasteiger partial charge in [0.2, 0.25) is 5.91 Å². The first-order valence-electron chi connectivity index (χ1n) is 6.24. The zero-order chi connectivity index (χ0) is 14.8. The van der Waals surface area contributed by atoms with Crippen LogP contribution in [0.5, 0.6) is 0 Å². The highest BCUT2D eigenvalue weighted by molar-refractivity contribution is 5.90. The number of halogens is 1. The third kappa shape index (κ3) is 2.53. The van der Waals surface area contributed by atoms with Gasteiger partial charge in [-0.15, -0.1) is 5.10 Å². The Morgan fingerprint density at radius 3 is 2.71 bits per heavy atom. The van der Waals surface area contributed by atoms with Crippen LogP contribution in [0.4, 0.5) is 10.1 Å². The Labute approximate surface area is 118 Å². The lowest BCUT2D eigenvalue weighted by Crippen LogP contribution is -2.28. The number of fused-ring (bicyclic) bond motifs is 1. The number of rotatable bonds is 3. The number of hydrogen-bond acceptors (Lipinski definition) is 3. The van der Waals surface area contributed by atoms with Gasteiger partial charge in [0.15, 0.2) is 5.65 Å². The predicted octanol–water partition coefficient (Wildman–Crippen LogP) is 1.27. The molecule has 3 aromatic rings. The number of carbonyl (C=O) groups is 1. The van der Waals surface area contributed by atoms with Crippen molar-refractivity contribution in [2.75, 3.05) is 5.32 Å². The summed E-state index contributed by atoms with van der Waals surface area (Å²) in [7, 11) is 0. The van der Waals surface area contributed by atoms with Gasteiger partial charge in [0.1, 0.15) is 12.4 Å². The second-order valence-corrected chi connectivity index (χ2v) is 4.40. The predicted molar refractivity (Wildman–Crippen MR) is 74.5 cm³/mol. The monoisotopic (exact) mass is 286 g/mol. The minimum absolute atomic E-state index is 0.0688. The molecule has 0 aliphatic heterocycles. The van der Waals surface area contributed by atoms with Crippen molar-refractivity contribution < 1.29 is 9.18 Å². The quantitative estimate of drug-likeness (QED) is 0.788. The summed E-state index contributed by atoms with van der Waals surface area (Å²) in [6.45, 7) is -0.283. The Hall–Kier alpha value is -2.96. The van der Waals surface area contributed by atoms with E-state index in [4.69, 9.17) is 0 Å². The topological polar surface area (TPSA) is 68.4 Å². The van der Waals surface area contributed by atoms with Crippen molar-refractivity contribution in [3.05, 3.63) is 65.0 Å². The molecule has 1 N–H and O–H groups in total. The van der Waals surface area contributed by atoms with E-state index in [9.17, 15) is 14.0 Å². The van der Waals surface area contributed by atoms with Crippen LogP contribution in [0.3, 0.4) is 0 Å². The summed E-state index contributed by atoms with van der Waals surface area (Å²) in [6.07, 6.45) is 1.57. The normalized spacial score (nSPS) is 10.7. The Balaban J connectivity index is 1.82. The molecule has 0 fully saturated rings. The first-order chi connectivity index (χ1) is 10.1. The van der Waals surface area contributed by atoms with Crippen molar-refractivity contribution >= 4 is 17.2 Å². The summed E-state index contributed by atoms with van der Waals surface area (Å²) in [5, 5.41) is 6.44. The Morgan fingerprint density at radius 1 is 1.19 bits per heavy atom. The minimum atomic E-state index is -0.534. The highest BCUT2D eigenvalue weighted by Gasteiger charge is 2.11. The molecule has 3 rings (SSSR count). The van der Waals surface area contributed by atoms with Crippen LogP contribution in [0.1, 0.15) is 0 Å². The van der Waals surface area contributed by atoms with Crippen LogP contribution >= 0.6 is 0 Å². The number of aromatic nitrogens is 3. The van der Waals surface area contributed by atoms with Gasteiger partial charge >= 0.3 is 5.69 Å². The molecule has 0 bridgehead atoms. The van der Waals surface area contributed by atoms with Crippen LogP contribution in [0, 0.1) is 5.82 Å². The molecular formula is C14H11FN4O2. The van der Waals surface area contributed by atoms with Gasteiger partial charge in [-0.2, -0.15) is 0 Å². The Bertz CT molecular complexity index is 869. The molecule has 1 aromatic carbocycles. The van der Waals surface area contributed by atoms with E-state index in [1.165, 1.54) is 22.6 Å². The van der Waals surface area contributed by atoms with Gasteiger partial charge in [0.05, 0.1) is 5.69 Å². The largest absolute Gasteiger partial charge is 0.350 e. The fourth-order valence-corrected chi connectivity index (χ4v) is 1.96. The van der Waals surface area contributed by atoms with Gasteiger partial charge in [-0.05, 0) is 24.3 Å². The van der Waals surface area contributed by atoms with Gasteiger partial charge in [-0.1, -0.05) is 18.2 Å². The highest BCUT2D eigenvalue weighted by atomic mass is 19.1. The fraction of sp³-hybridized carbons (Fsp3) is 0.0714. The molecule has 0 radical (unpaired) electrons. The second-order valence-electron chi connectivity index (χ2n) is 4.40. The van der Waals surface area contributed by atoms with Gasteiger partial charge in [-0.25, -0.2) is 13.9 Å². The Morgan fingerprint density at radius 2 is 1.95 bits per heavy atom. The summed E-state index contributed by atoms with van der Waals surface area (Å²) < 4.78 is 15.8. The lowest BCUT2D eigenvalue weighted by Gasteiger charge is -2.05. The van der Waals surface area contributed by atoms with Gasteiger partial charge in [-0.3, -0.25) is 9.20 Å². The van der Waals surface area contributed by atoms with Crippen LogP contribution in [0.2, 0.25) is 0 Å². The second kappa shape index (κ2) is 5.20. The van der Waals surface area contributed by atoms with Crippen molar-refractivity contribution in [3.8, 4) is 0 Å². The standard InChI is InChI=1S/C14H11FN4O2/c15-10-5-1-2-6-11(10)16-13(20)9-19-14(21)18-8-4-3-7-12(18)17-19/h1-8H,9H2,(H,16,20). The maximum Gasteiger partial charge on any atom is 0.350 e. The van der Waals surface area contributed by atoms with E-state index >= 15 is 0 Å². The van der Waals surface area contributed by atoms with E-state index in [1.54, 1.807) is 30.5 Å². The molecule has 2 heterocycles. The number of benzene rings is 1. The third-order valence-corrected chi connectivity index (χ3v) is 2.93. The summed E-state index contributed by atoms with van der Waals surface area (Å²) in [5.74, 6) is -1.06. The first-order valence-corrected chi connectivity index (χ1v) is 6.24. The molecule has 1 amide bonds. The van der Waals surface area contributed by atoms with Crippen molar-refractivity contribution in [3.63, 3.8) is 0 Å². The maximum absolute atomic E-state index is 13.4. The zero-order valence-electron chi connectivity index (χ0n) is 10.9. The van der Waals surface area contributed by atoms with E-state index < -0.39 is 17.4 Å². The molecule has 0 unspecified atom stereocenters. The lowest BCUT2D eigenvalue weighted by molar-refractivity contribution is -0.117. The molecular weight excluding hydrogens is 275 g/mol. The average Bonchev–Trinajstić information content (AvgIpc) is 2.78. The molecule has 2 aromatic heterocycles.